The van der Waals surface area contributed by atoms with E-state index in [2.05, 4.69) is 4.74 Å². The minimum atomic E-state index is -4.29. The Bertz CT molecular complexity index is 268. The van der Waals surface area contributed by atoms with Gasteiger partial charge in [-0.3, -0.25) is 0 Å². The maximum Gasteiger partial charge on any atom is 0.422 e. The number of halogens is 3. The number of ether oxygens (including phenoxy) is 1. The summed E-state index contributed by atoms with van der Waals surface area (Å²) in [5, 5.41) is 0. The lowest BCUT2D eigenvalue weighted by Gasteiger charge is -2.22. The van der Waals surface area contributed by atoms with Crippen molar-refractivity contribution >= 4 is 0 Å². The second-order valence-corrected chi connectivity index (χ2v) is 3.65. The predicted molar refractivity (Wildman–Crippen MR) is 51.0 cm³/mol. The second-order valence-electron chi connectivity index (χ2n) is 3.65. The highest BCUT2D eigenvalue weighted by molar-refractivity contribution is 5.17. The van der Waals surface area contributed by atoms with Crippen molar-refractivity contribution in [1.82, 2.24) is 0 Å². The molecule has 0 bridgehead atoms. The first-order valence-corrected chi connectivity index (χ1v) is 4.71. The lowest BCUT2D eigenvalue weighted by Crippen LogP contribution is -2.27. The number of hydrogen-bond acceptors (Lipinski definition) is 2. The van der Waals surface area contributed by atoms with E-state index in [9.17, 15) is 13.2 Å². The molecule has 1 aliphatic rings. The summed E-state index contributed by atoms with van der Waals surface area (Å²) in [5.74, 6) is 0.398. The first-order valence-electron chi connectivity index (χ1n) is 4.71. The number of rotatable bonds is 3. The quantitative estimate of drug-likeness (QED) is 0.794. The maximum absolute atomic E-state index is 11.9. The molecule has 0 fully saturated rings. The van der Waals surface area contributed by atoms with Gasteiger partial charge in [-0.25, -0.2) is 0 Å². The van der Waals surface area contributed by atoms with Gasteiger partial charge in [0.1, 0.15) is 0 Å². The summed E-state index contributed by atoms with van der Waals surface area (Å²) in [4.78, 5) is 0. The van der Waals surface area contributed by atoms with Gasteiger partial charge in [0.05, 0.1) is 5.76 Å². The summed E-state index contributed by atoms with van der Waals surface area (Å²) < 4.78 is 40.3. The van der Waals surface area contributed by atoms with E-state index in [1.165, 1.54) is 0 Å². The van der Waals surface area contributed by atoms with E-state index in [1.807, 2.05) is 13.0 Å². The topological polar surface area (TPSA) is 35.2 Å². The molecule has 0 saturated heterocycles. The molecule has 15 heavy (non-hydrogen) atoms. The molecule has 2 atom stereocenters. The van der Waals surface area contributed by atoms with Crippen molar-refractivity contribution in [2.45, 2.75) is 25.6 Å². The van der Waals surface area contributed by atoms with Crippen molar-refractivity contribution in [3.05, 3.63) is 24.0 Å². The van der Waals surface area contributed by atoms with E-state index >= 15 is 0 Å². The van der Waals surface area contributed by atoms with Crippen LogP contribution in [0.4, 0.5) is 13.2 Å². The Morgan fingerprint density at radius 2 is 2.27 bits per heavy atom. The summed E-state index contributed by atoms with van der Waals surface area (Å²) in [7, 11) is 0. The molecule has 0 aliphatic heterocycles. The number of allylic oxidation sites excluding steroid dienone is 3. The van der Waals surface area contributed by atoms with Crippen molar-refractivity contribution in [1.29, 1.82) is 0 Å². The van der Waals surface area contributed by atoms with Crippen LogP contribution in [0.15, 0.2) is 24.0 Å². The molecule has 86 valence electrons. The second kappa shape index (κ2) is 4.70. The Morgan fingerprint density at radius 1 is 1.60 bits per heavy atom. The van der Waals surface area contributed by atoms with Crippen molar-refractivity contribution in [2.24, 2.45) is 11.7 Å². The van der Waals surface area contributed by atoms with Crippen LogP contribution in [0, 0.1) is 5.92 Å². The fourth-order valence-corrected chi connectivity index (χ4v) is 1.32. The molecule has 1 rings (SSSR count). The minimum Gasteiger partial charge on any atom is -0.488 e. The van der Waals surface area contributed by atoms with Crippen LogP contribution >= 0.6 is 0 Å². The largest absolute Gasteiger partial charge is 0.488 e. The number of nitrogens with two attached hydrogens (primary N) is 1. The van der Waals surface area contributed by atoms with Crippen molar-refractivity contribution in [3.8, 4) is 0 Å². The van der Waals surface area contributed by atoms with E-state index in [0.717, 1.165) is 0 Å². The Hall–Kier alpha value is -0.970. The van der Waals surface area contributed by atoms with Gasteiger partial charge in [-0.2, -0.15) is 13.2 Å². The SMILES string of the molecule is CC(N)C1C=CC=C(OCC(F)(F)F)C1. The summed E-state index contributed by atoms with van der Waals surface area (Å²) >= 11 is 0. The fraction of sp³-hybridized carbons (Fsp3) is 0.600. The van der Waals surface area contributed by atoms with E-state index in [0.29, 0.717) is 12.2 Å². The smallest absolute Gasteiger partial charge is 0.422 e. The van der Waals surface area contributed by atoms with Crippen LogP contribution in [-0.2, 0) is 4.74 Å². The Morgan fingerprint density at radius 3 is 2.80 bits per heavy atom. The first-order chi connectivity index (χ1) is 6.88. The molecule has 2 unspecified atom stereocenters. The minimum absolute atomic E-state index is 0.0539. The highest BCUT2D eigenvalue weighted by Crippen LogP contribution is 2.24. The van der Waals surface area contributed by atoms with E-state index < -0.39 is 12.8 Å². The zero-order valence-corrected chi connectivity index (χ0v) is 8.42. The van der Waals surface area contributed by atoms with E-state index in [1.54, 1.807) is 12.2 Å². The monoisotopic (exact) mass is 221 g/mol. The van der Waals surface area contributed by atoms with Gasteiger partial charge >= 0.3 is 6.18 Å². The zero-order valence-electron chi connectivity index (χ0n) is 8.42. The van der Waals surface area contributed by atoms with Crippen LogP contribution in [-0.4, -0.2) is 18.8 Å². The van der Waals surface area contributed by atoms with Crippen LogP contribution < -0.4 is 5.73 Å². The van der Waals surface area contributed by atoms with E-state index in [-0.39, 0.29) is 12.0 Å². The molecule has 0 heterocycles. The van der Waals surface area contributed by atoms with Gasteiger partial charge in [0.2, 0.25) is 0 Å². The lowest BCUT2D eigenvalue weighted by molar-refractivity contribution is -0.165. The standard InChI is InChI=1S/C10H14F3NO/c1-7(14)8-3-2-4-9(5-8)15-6-10(11,12)13/h2-4,7-8H,5-6,14H2,1H3. The van der Waals surface area contributed by atoms with Crippen molar-refractivity contribution < 1.29 is 17.9 Å². The molecule has 2 nitrogen and oxygen atoms in total. The summed E-state index contributed by atoms with van der Waals surface area (Å²) in [6.07, 6.45) is 1.26. The van der Waals surface area contributed by atoms with Gasteiger partial charge < -0.3 is 10.5 Å². The molecule has 0 aromatic rings. The van der Waals surface area contributed by atoms with Gasteiger partial charge in [-0.15, -0.1) is 0 Å². The first kappa shape index (κ1) is 12.1. The Labute approximate surface area is 86.6 Å². The zero-order chi connectivity index (χ0) is 11.5. The highest BCUT2D eigenvalue weighted by atomic mass is 19.4. The molecule has 0 spiro atoms. The molecule has 0 aromatic heterocycles. The van der Waals surface area contributed by atoms with Gasteiger partial charge in [-0.1, -0.05) is 12.2 Å². The molecule has 0 radical (unpaired) electrons. The van der Waals surface area contributed by atoms with Crippen LogP contribution in [0.25, 0.3) is 0 Å². The molecule has 1 aliphatic carbocycles. The average Bonchev–Trinajstić information content (AvgIpc) is 2.14. The third kappa shape index (κ3) is 4.38. The number of alkyl halides is 3. The molecule has 2 N–H and O–H groups in total. The molecular formula is C10H14F3NO. The van der Waals surface area contributed by atoms with Crippen LogP contribution in [0.2, 0.25) is 0 Å². The Balaban J connectivity index is 2.44. The summed E-state index contributed by atoms with van der Waals surface area (Å²) in [6, 6.07) is -0.0839. The normalized spacial score (nSPS) is 23.5. The predicted octanol–water partition coefficient (Wildman–Crippen LogP) is 2.37. The fourth-order valence-electron chi connectivity index (χ4n) is 1.32. The molecule has 5 heteroatoms. The number of hydrogen-bond donors (Lipinski definition) is 1. The van der Waals surface area contributed by atoms with Gasteiger partial charge in [0, 0.05) is 12.5 Å². The van der Waals surface area contributed by atoms with Gasteiger partial charge in [0.25, 0.3) is 0 Å². The average molecular weight is 221 g/mol. The van der Waals surface area contributed by atoms with Crippen LogP contribution in [0.3, 0.4) is 0 Å². The highest BCUT2D eigenvalue weighted by Gasteiger charge is 2.29. The molecule has 0 aromatic carbocycles. The molecular weight excluding hydrogens is 207 g/mol. The third-order valence-electron chi connectivity index (χ3n) is 2.17. The third-order valence-corrected chi connectivity index (χ3v) is 2.17. The van der Waals surface area contributed by atoms with Crippen LogP contribution in [0.1, 0.15) is 13.3 Å². The van der Waals surface area contributed by atoms with Gasteiger partial charge in [-0.05, 0) is 18.9 Å². The van der Waals surface area contributed by atoms with Crippen molar-refractivity contribution in [2.75, 3.05) is 6.61 Å². The summed E-state index contributed by atoms with van der Waals surface area (Å²) in [6.45, 7) is 0.583. The molecule has 0 amide bonds. The summed E-state index contributed by atoms with van der Waals surface area (Å²) in [5.41, 5.74) is 5.66. The molecule has 0 saturated carbocycles. The van der Waals surface area contributed by atoms with E-state index in [4.69, 9.17) is 5.73 Å². The maximum atomic E-state index is 11.9. The van der Waals surface area contributed by atoms with Gasteiger partial charge in [0.15, 0.2) is 6.61 Å². The van der Waals surface area contributed by atoms with Crippen molar-refractivity contribution in [3.63, 3.8) is 0 Å². The Kier molecular flexibility index (Phi) is 3.79. The lowest BCUT2D eigenvalue weighted by atomic mass is 9.93. The van der Waals surface area contributed by atoms with Crippen LogP contribution in [0.5, 0.6) is 0 Å².